The van der Waals surface area contributed by atoms with Crippen LogP contribution < -0.4 is 14.4 Å². The summed E-state index contributed by atoms with van der Waals surface area (Å²) in [5.74, 6) is -0.520. The van der Waals surface area contributed by atoms with Gasteiger partial charge in [-0.05, 0) is 42.5 Å². The van der Waals surface area contributed by atoms with Crippen molar-refractivity contribution < 1.29 is 28.6 Å². The van der Waals surface area contributed by atoms with E-state index >= 15 is 0 Å². The second-order valence-corrected chi connectivity index (χ2v) is 7.62. The third kappa shape index (κ3) is 2.97. The van der Waals surface area contributed by atoms with Gasteiger partial charge in [0.1, 0.15) is 30.8 Å². The molecule has 0 saturated carbocycles. The number of para-hydroxylation sites is 2. The van der Waals surface area contributed by atoms with Gasteiger partial charge in [0.2, 0.25) is 5.95 Å². The van der Waals surface area contributed by atoms with Gasteiger partial charge >= 0.3 is 5.91 Å². The molecule has 0 bridgehead atoms. The van der Waals surface area contributed by atoms with Gasteiger partial charge in [0.25, 0.3) is 5.78 Å². The minimum atomic E-state index is -1.01. The van der Waals surface area contributed by atoms with Crippen molar-refractivity contribution in [3.8, 4) is 11.5 Å². The van der Waals surface area contributed by atoms with E-state index in [1.165, 1.54) is 11.2 Å². The number of carbonyl (C=O) groups excluding carboxylic acids is 2. The van der Waals surface area contributed by atoms with E-state index in [2.05, 4.69) is 9.97 Å². The van der Waals surface area contributed by atoms with Crippen LogP contribution in [-0.2, 0) is 9.59 Å². The summed E-state index contributed by atoms with van der Waals surface area (Å²) in [4.78, 5) is 35.1. The number of amides is 1. The fourth-order valence-corrected chi connectivity index (χ4v) is 4.17. The van der Waals surface area contributed by atoms with E-state index in [1.54, 1.807) is 36.4 Å². The van der Waals surface area contributed by atoms with Gasteiger partial charge in [-0.25, -0.2) is 4.98 Å². The van der Waals surface area contributed by atoms with Gasteiger partial charge in [-0.2, -0.15) is 0 Å². The van der Waals surface area contributed by atoms with Crippen molar-refractivity contribution >= 4 is 34.4 Å². The zero-order chi connectivity index (χ0) is 22.5. The molecule has 4 aromatic rings. The van der Waals surface area contributed by atoms with Gasteiger partial charge in [0.05, 0.1) is 22.9 Å². The summed E-state index contributed by atoms with van der Waals surface area (Å²) >= 11 is 0. The number of ketones is 1. The maximum Gasteiger partial charge on any atom is 0.302 e. The first-order chi connectivity index (χ1) is 16.1. The Morgan fingerprint density at radius 2 is 1.85 bits per heavy atom. The molecule has 9 heteroatoms. The molecule has 33 heavy (non-hydrogen) atoms. The topological polar surface area (TPSA) is 118 Å². The number of carbonyl (C=O) groups is 2. The fourth-order valence-electron chi connectivity index (χ4n) is 4.17. The molecule has 1 atom stereocenters. The number of rotatable bonds is 3. The number of hydrogen-bond donors (Lipinski definition) is 2. The molecule has 2 aliphatic rings. The Morgan fingerprint density at radius 3 is 2.64 bits per heavy atom. The van der Waals surface area contributed by atoms with Gasteiger partial charge in [-0.3, -0.25) is 14.5 Å². The van der Waals surface area contributed by atoms with Crippen LogP contribution in [0.5, 0.6) is 11.5 Å². The maximum absolute atomic E-state index is 13.2. The van der Waals surface area contributed by atoms with Gasteiger partial charge in [-0.15, -0.1) is 0 Å². The largest absolute Gasteiger partial charge is 0.507 e. The molecule has 0 aliphatic carbocycles. The van der Waals surface area contributed by atoms with Crippen LogP contribution >= 0.6 is 0 Å². The predicted octanol–water partition coefficient (Wildman–Crippen LogP) is 3.55. The Hall–Kier alpha value is -4.53. The van der Waals surface area contributed by atoms with Crippen LogP contribution in [0.25, 0.3) is 16.8 Å². The molecule has 1 fully saturated rings. The molecule has 9 nitrogen and oxygen atoms in total. The summed E-state index contributed by atoms with van der Waals surface area (Å²) in [7, 11) is 0. The van der Waals surface area contributed by atoms with Crippen LogP contribution in [0.4, 0.5) is 5.95 Å². The van der Waals surface area contributed by atoms with Crippen LogP contribution in [0.15, 0.2) is 70.9 Å². The highest BCUT2D eigenvalue weighted by atomic mass is 16.6. The number of H-pyrrole nitrogens is 1. The number of fused-ring (bicyclic) bond motifs is 2. The zero-order valence-corrected chi connectivity index (χ0v) is 17.1. The second-order valence-electron chi connectivity index (χ2n) is 7.62. The third-order valence-corrected chi connectivity index (χ3v) is 5.68. The average Bonchev–Trinajstić information content (AvgIpc) is 3.57. The summed E-state index contributed by atoms with van der Waals surface area (Å²) in [6.45, 7) is 0.805. The Balaban J connectivity index is 1.52. The van der Waals surface area contributed by atoms with Crippen molar-refractivity contribution in [2.75, 3.05) is 18.1 Å². The Labute approximate surface area is 186 Å². The number of anilines is 1. The van der Waals surface area contributed by atoms with Gasteiger partial charge in [0, 0.05) is 5.56 Å². The summed E-state index contributed by atoms with van der Waals surface area (Å²) in [5, 5.41) is 11.2. The minimum Gasteiger partial charge on any atom is -0.507 e. The molecule has 1 unspecified atom stereocenters. The maximum atomic E-state index is 13.2. The number of aromatic nitrogens is 2. The summed E-state index contributed by atoms with van der Waals surface area (Å²) in [5.41, 5.74) is 1.56. The Morgan fingerprint density at radius 1 is 1.03 bits per heavy atom. The number of Topliss-reactive ketones (excluding diaryl/α,β-unsaturated/α-hetero) is 1. The summed E-state index contributed by atoms with van der Waals surface area (Å²) < 4.78 is 16.7. The number of nitrogens with one attached hydrogen (secondary N) is 1. The standard InChI is InChI=1S/C24H17N3O6/c28-21(13-7-8-16-18(12-13)33-11-10-32-16)19-20(17-6-3-9-31-17)27(23(30)22(19)29)24-25-14-4-1-2-5-15(14)26-24/h1-9,12,20,28H,10-11H2,(H,25,26)/b21-19+. The van der Waals surface area contributed by atoms with Crippen LogP contribution in [0.1, 0.15) is 17.4 Å². The van der Waals surface area contributed by atoms with Crippen molar-refractivity contribution in [3.63, 3.8) is 0 Å². The van der Waals surface area contributed by atoms with E-state index in [0.29, 0.717) is 47.1 Å². The molecule has 0 radical (unpaired) electrons. The average molecular weight is 443 g/mol. The fraction of sp³-hybridized carbons (Fsp3) is 0.125. The zero-order valence-electron chi connectivity index (χ0n) is 17.1. The molecule has 2 aromatic heterocycles. The molecule has 164 valence electrons. The minimum absolute atomic E-state index is 0.105. The molecule has 0 spiro atoms. The van der Waals surface area contributed by atoms with E-state index in [4.69, 9.17) is 13.9 Å². The number of furan rings is 1. The lowest BCUT2D eigenvalue weighted by atomic mass is 9.99. The molecule has 2 aliphatic heterocycles. The van der Waals surface area contributed by atoms with Crippen molar-refractivity contribution in [1.82, 2.24) is 9.97 Å². The summed E-state index contributed by atoms with van der Waals surface area (Å²) in [6, 6.07) is 14.4. The smallest absolute Gasteiger partial charge is 0.302 e. The number of aromatic amines is 1. The number of aliphatic hydroxyl groups excluding tert-OH is 1. The Bertz CT molecular complexity index is 1400. The summed E-state index contributed by atoms with van der Waals surface area (Å²) in [6.07, 6.45) is 1.44. The first-order valence-corrected chi connectivity index (χ1v) is 10.3. The first-order valence-electron chi connectivity index (χ1n) is 10.3. The van der Waals surface area contributed by atoms with E-state index in [1.807, 2.05) is 18.2 Å². The molecule has 1 saturated heterocycles. The van der Waals surface area contributed by atoms with Crippen molar-refractivity contribution in [1.29, 1.82) is 0 Å². The lowest BCUT2D eigenvalue weighted by Gasteiger charge is -2.21. The number of imidazole rings is 1. The molecular weight excluding hydrogens is 426 g/mol. The lowest BCUT2D eigenvalue weighted by Crippen LogP contribution is -2.30. The van der Waals surface area contributed by atoms with Crippen LogP contribution in [0, 0.1) is 0 Å². The Kier molecular flexibility index (Phi) is 4.22. The van der Waals surface area contributed by atoms with Gasteiger partial charge in [-0.1, -0.05) is 12.1 Å². The molecule has 2 aromatic carbocycles. The van der Waals surface area contributed by atoms with Crippen LogP contribution in [0.3, 0.4) is 0 Å². The lowest BCUT2D eigenvalue weighted by molar-refractivity contribution is -0.132. The van der Waals surface area contributed by atoms with E-state index in [0.717, 1.165) is 0 Å². The molecule has 6 rings (SSSR count). The van der Waals surface area contributed by atoms with E-state index in [9.17, 15) is 14.7 Å². The molecular formula is C24H17N3O6. The SMILES string of the molecule is O=C1C(=O)N(c2nc3ccccc3[nH]2)C(c2ccco2)/C1=C(\O)c1ccc2c(c1)OCCO2. The van der Waals surface area contributed by atoms with Crippen LogP contribution in [0.2, 0.25) is 0 Å². The molecule has 2 N–H and O–H groups in total. The predicted molar refractivity (Wildman–Crippen MR) is 117 cm³/mol. The quantitative estimate of drug-likeness (QED) is 0.282. The number of benzene rings is 2. The third-order valence-electron chi connectivity index (χ3n) is 5.68. The molecule has 1 amide bonds. The number of ether oxygens (including phenoxy) is 2. The van der Waals surface area contributed by atoms with E-state index in [-0.39, 0.29) is 17.3 Å². The van der Waals surface area contributed by atoms with Crippen molar-refractivity contribution in [3.05, 3.63) is 77.8 Å². The first kappa shape index (κ1) is 19.2. The van der Waals surface area contributed by atoms with Gasteiger partial charge < -0.3 is 24.0 Å². The van der Waals surface area contributed by atoms with Gasteiger partial charge in [0.15, 0.2) is 11.5 Å². The normalized spacial score (nSPS) is 19.4. The second kappa shape index (κ2) is 7.27. The number of nitrogens with zero attached hydrogens (tertiary/aromatic N) is 2. The van der Waals surface area contributed by atoms with Crippen LogP contribution in [-0.4, -0.2) is 40.0 Å². The highest BCUT2D eigenvalue weighted by molar-refractivity contribution is 6.51. The number of hydrogen-bond acceptors (Lipinski definition) is 7. The molecule has 4 heterocycles. The van der Waals surface area contributed by atoms with E-state index < -0.39 is 17.7 Å². The number of aliphatic hydroxyl groups is 1. The highest BCUT2D eigenvalue weighted by Crippen LogP contribution is 2.43. The van der Waals surface area contributed by atoms with Crippen molar-refractivity contribution in [2.24, 2.45) is 0 Å². The monoisotopic (exact) mass is 443 g/mol. The van der Waals surface area contributed by atoms with Crippen molar-refractivity contribution in [2.45, 2.75) is 6.04 Å². The highest BCUT2D eigenvalue weighted by Gasteiger charge is 2.49.